The predicted octanol–water partition coefficient (Wildman–Crippen LogP) is 4.40. The molecule has 0 radical (unpaired) electrons. The first-order chi connectivity index (χ1) is 14.0. The topological polar surface area (TPSA) is 91.5 Å². The van der Waals surface area contributed by atoms with Gasteiger partial charge in [-0.15, -0.1) is 10.2 Å². The van der Waals surface area contributed by atoms with Crippen molar-refractivity contribution >= 4 is 11.8 Å². The normalized spacial score (nSPS) is 11.7. The molecular weight excluding hydrogens is 372 g/mol. The average Bonchev–Trinajstić information content (AvgIpc) is 3.23. The van der Waals surface area contributed by atoms with Crippen LogP contribution in [0.4, 0.5) is 0 Å². The molecule has 150 valence electrons. The van der Waals surface area contributed by atoms with Crippen LogP contribution in [0.25, 0.3) is 11.5 Å². The van der Waals surface area contributed by atoms with E-state index in [1.54, 1.807) is 31.2 Å². The molecule has 0 saturated carbocycles. The predicted molar refractivity (Wildman–Crippen MR) is 105 cm³/mol. The number of aromatic nitrogens is 2. The molecule has 0 amide bonds. The Balaban J connectivity index is 1.41. The number of nitrogens with zero attached hydrogens (tertiary/aromatic N) is 2. The Morgan fingerprint density at radius 3 is 2.45 bits per heavy atom. The van der Waals surface area contributed by atoms with Crippen LogP contribution in [0, 0.1) is 0 Å². The number of ether oxygens (including phenoxy) is 2. The Labute approximate surface area is 168 Å². The van der Waals surface area contributed by atoms with E-state index < -0.39 is 6.10 Å². The van der Waals surface area contributed by atoms with Crippen molar-refractivity contribution in [3.63, 3.8) is 0 Å². The maximum Gasteiger partial charge on any atom is 0.306 e. The summed E-state index contributed by atoms with van der Waals surface area (Å²) in [6, 6.07) is 16.3. The zero-order valence-corrected chi connectivity index (χ0v) is 16.3. The van der Waals surface area contributed by atoms with E-state index in [1.165, 1.54) is 6.92 Å². The molecule has 0 fully saturated rings. The molecular formula is C22H22N2O5. The highest BCUT2D eigenvalue weighted by molar-refractivity contribution is 5.94. The smallest absolute Gasteiger partial charge is 0.306 e. The van der Waals surface area contributed by atoms with Gasteiger partial charge in [0.25, 0.3) is 5.89 Å². The molecule has 0 aliphatic carbocycles. The quantitative estimate of drug-likeness (QED) is 0.302. The third-order valence-electron chi connectivity index (χ3n) is 4.17. The van der Waals surface area contributed by atoms with Crippen molar-refractivity contribution in [3.8, 4) is 17.2 Å². The molecule has 1 aromatic heterocycles. The molecule has 2 aromatic carbocycles. The molecule has 0 N–H and O–H groups in total. The zero-order valence-electron chi connectivity index (χ0n) is 16.3. The second-order valence-electron chi connectivity index (χ2n) is 6.48. The van der Waals surface area contributed by atoms with E-state index in [2.05, 4.69) is 10.2 Å². The lowest BCUT2D eigenvalue weighted by atomic mass is 10.1. The van der Waals surface area contributed by atoms with Crippen LogP contribution >= 0.6 is 0 Å². The number of hydrogen-bond donors (Lipinski definition) is 0. The summed E-state index contributed by atoms with van der Waals surface area (Å²) in [6.45, 7) is 3.56. The van der Waals surface area contributed by atoms with Gasteiger partial charge in [-0.1, -0.05) is 18.2 Å². The standard InChI is InChI=1S/C22H22N2O5/c1-15(25)17-10-12-19(13-11-17)27-14-6-9-20(26)28-16(2)21-23-24-22(29-21)18-7-4-3-5-8-18/h3-5,7-8,10-13,16H,6,9,14H2,1-2H3/t16-/m1/s1. The Kier molecular flexibility index (Phi) is 6.73. The maximum absolute atomic E-state index is 12.0. The summed E-state index contributed by atoms with van der Waals surface area (Å²) >= 11 is 0. The Hall–Kier alpha value is -3.48. The van der Waals surface area contributed by atoms with E-state index >= 15 is 0 Å². The summed E-state index contributed by atoms with van der Waals surface area (Å²) in [4.78, 5) is 23.3. The van der Waals surface area contributed by atoms with Gasteiger partial charge >= 0.3 is 5.97 Å². The lowest BCUT2D eigenvalue weighted by molar-refractivity contribution is -0.149. The minimum absolute atomic E-state index is 0.00514. The van der Waals surface area contributed by atoms with Gasteiger partial charge in [0.05, 0.1) is 6.61 Å². The van der Waals surface area contributed by atoms with Crippen LogP contribution in [0.5, 0.6) is 5.75 Å². The number of hydrogen-bond acceptors (Lipinski definition) is 7. The van der Waals surface area contributed by atoms with Crippen molar-refractivity contribution in [2.75, 3.05) is 6.61 Å². The number of Topliss-reactive ketones (excluding diaryl/α,β-unsaturated/α-hetero) is 1. The minimum atomic E-state index is -0.632. The first-order valence-corrected chi connectivity index (χ1v) is 9.35. The van der Waals surface area contributed by atoms with Crippen LogP contribution in [0.15, 0.2) is 59.0 Å². The second-order valence-corrected chi connectivity index (χ2v) is 6.48. The van der Waals surface area contributed by atoms with Crippen molar-refractivity contribution in [1.29, 1.82) is 0 Å². The fourth-order valence-corrected chi connectivity index (χ4v) is 2.60. The van der Waals surface area contributed by atoms with Crippen LogP contribution < -0.4 is 4.74 Å². The Morgan fingerprint density at radius 2 is 1.76 bits per heavy atom. The van der Waals surface area contributed by atoms with Gasteiger partial charge in [0, 0.05) is 17.5 Å². The van der Waals surface area contributed by atoms with Crippen LogP contribution in [0.1, 0.15) is 49.0 Å². The summed E-state index contributed by atoms with van der Waals surface area (Å²) in [5, 5.41) is 7.95. The highest BCUT2D eigenvalue weighted by Crippen LogP contribution is 2.22. The molecule has 1 atom stereocenters. The Bertz CT molecular complexity index is 951. The largest absolute Gasteiger partial charge is 0.494 e. The molecule has 1 heterocycles. The third kappa shape index (κ3) is 5.75. The molecule has 7 nitrogen and oxygen atoms in total. The van der Waals surface area contributed by atoms with Gasteiger partial charge in [0.1, 0.15) is 5.75 Å². The first kappa shape index (κ1) is 20.3. The number of esters is 1. The van der Waals surface area contributed by atoms with Crippen molar-refractivity contribution in [1.82, 2.24) is 10.2 Å². The number of carbonyl (C=O) groups excluding carboxylic acids is 2. The van der Waals surface area contributed by atoms with Gasteiger partial charge in [0.15, 0.2) is 11.9 Å². The summed E-state index contributed by atoms with van der Waals surface area (Å²) in [7, 11) is 0. The molecule has 0 aliphatic rings. The van der Waals surface area contributed by atoms with Gasteiger partial charge in [-0.05, 0) is 56.7 Å². The first-order valence-electron chi connectivity index (χ1n) is 9.35. The molecule has 0 spiro atoms. The second kappa shape index (κ2) is 9.64. The molecule has 0 saturated heterocycles. The number of benzene rings is 2. The fraction of sp³-hybridized carbons (Fsp3) is 0.273. The monoisotopic (exact) mass is 394 g/mol. The molecule has 3 rings (SSSR count). The minimum Gasteiger partial charge on any atom is -0.494 e. The van der Waals surface area contributed by atoms with E-state index in [-0.39, 0.29) is 24.1 Å². The van der Waals surface area contributed by atoms with Crippen molar-refractivity contribution in [2.45, 2.75) is 32.8 Å². The van der Waals surface area contributed by atoms with E-state index in [0.717, 1.165) is 5.56 Å². The van der Waals surface area contributed by atoms with E-state index in [0.29, 0.717) is 30.2 Å². The van der Waals surface area contributed by atoms with Gasteiger partial charge in [-0.25, -0.2) is 0 Å². The summed E-state index contributed by atoms with van der Waals surface area (Å²) in [5.41, 5.74) is 1.43. The maximum atomic E-state index is 12.0. The van der Waals surface area contributed by atoms with Crippen molar-refractivity contribution in [3.05, 3.63) is 66.1 Å². The summed E-state index contributed by atoms with van der Waals surface area (Å²) in [5.74, 6) is 0.917. The van der Waals surface area contributed by atoms with E-state index in [4.69, 9.17) is 13.9 Å². The van der Waals surface area contributed by atoms with Gasteiger partial charge in [-0.3, -0.25) is 9.59 Å². The SMILES string of the molecule is CC(=O)c1ccc(OCCCC(=O)O[C@H](C)c2nnc(-c3ccccc3)o2)cc1. The third-order valence-corrected chi connectivity index (χ3v) is 4.17. The lowest BCUT2D eigenvalue weighted by Gasteiger charge is -2.10. The van der Waals surface area contributed by atoms with Crippen molar-refractivity contribution in [2.24, 2.45) is 0 Å². The Morgan fingerprint density at radius 1 is 1.03 bits per heavy atom. The van der Waals surface area contributed by atoms with E-state index in [1.807, 2.05) is 30.3 Å². The number of carbonyl (C=O) groups is 2. The van der Waals surface area contributed by atoms with Gasteiger partial charge < -0.3 is 13.9 Å². The molecule has 7 heteroatoms. The molecule has 0 bridgehead atoms. The average molecular weight is 394 g/mol. The van der Waals surface area contributed by atoms with E-state index in [9.17, 15) is 9.59 Å². The highest BCUT2D eigenvalue weighted by atomic mass is 16.6. The summed E-state index contributed by atoms with van der Waals surface area (Å²) < 4.78 is 16.5. The van der Waals surface area contributed by atoms with Crippen LogP contribution in [-0.2, 0) is 9.53 Å². The van der Waals surface area contributed by atoms with Crippen LogP contribution in [0.3, 0.4) is 0 Å². The number of ketones is 1. The molecule has 29 heavy (non-hydrogen) atoms. The number of rotatable bonds is 9. The molecule has 0 unspecified atom stereocenters. The van der Waals surface area contributed by atoms with Gasteiger partial charge in [0.2, 0.25) is 5.89 Å². The van der Waals surface area contributed by atoms with Gasteiger partial charge in [-0.2, -0.15) is 0 Å². The van der Waals surface area contributed by atoms with Crippen molar-refractivity contribution < 1.29 is 23.5 Å². The molecule has 0 aliphatic heterocycles. The summed E-state index contributed by atoms with van der Waals surface area (Å²) in [6.07, 6.45) is 0.0711. The zero-order chi connectivity index (χ0) is 20.6. The fourth-order valence-electron chi connectivity index (χ4n) is 2.60. The highest BCUT2D eigenvalue weighted by Gasteiger charge is 2.18. The van der Waals surface area contributed by atoms with Crippen LogP contribution in [-0.4, -0.2) is 28.6 Å². The van der Waals surface area contributed by atoms with Crippen LogP contribution in [0.2, 0.25) is 0 Å². The molecule has 3 aromatic rings. The lowest BCUT2D eigenvalue weighted by Crippen LogP contribution is -2.10.